The Morgan fingerprint density at radius 2 is 1.94 bits per heavy atom. The van der Waals surface area contributed by atoms with Gasteiger partial charge >= 0.3 is 0 Å². The van der Waals surface area contributed by atoms with E-state index in [0.29, 0.717) is 0 Å². The maximum atomic E-state index is 3.65. The van der Waals surface area contributed by atoms with Crippen molar-refractivity contribution >= 4 is 15.9 Å². The van der Waals surface area contributed by atoms with E-state index in [-0.39, 0.29) is 0 Å². The van der Waals surface area contributed by atoms with Crippen LogP contribution in [-0.4, -0.2) is 12.6 Å². The monoisotopic (exact) mass is 281 g/mol. The van der Waals surface area contributed by atoms with Crippen LogP contribution in [0.4, 0.5) is 0 Å². The van der Waals surface area contributed by atoms with Crippen LogP contribution < -0.4 is 5.32 Å². The Morgan fingerprint density at radius 3 is 2.75 bits per heavy atom. The average Bonchev–Trinajstić information content (AvgIpc) is 2.57. The lowest BCUT2D eigenvalue weighted by molar-refractivity contribution is 0.478. The van der Waals surface area contributed by atoms with E-state index in [4.69, 9.17) is 0 Å². The summed E-state index contributed by atoms with van der Waals surface area (Å²) >= 11 is 3.47. The van der Waals surface area contributed by atoms with Gasteiger partial charge in [-0.3, -0.25) is 0 Å². The van der Waals surface area contributed by atoms with Crippen molar-refractivity contribution in [3.8, 4) is 0 Å². The van der Waals surface area contributed by atoms with Crippen LogP contribution in [0.3, 0.4) is 0 Å². The standard InChI is InChI=1S/C14H20BrN/c15-13-8-5-12(6-9-13)7-10-14-4-2-1-3-11-16-14/h5-6,8-9,14,16H,1-4,7,10-11H2. The molecule has 0 spiro atoms. The van der Waals surface area contributed by atoms with Crippen LogP contribution in [0.1, 0.15) is 37.7 Å². The number of hydrogen-bond acceptors (Lipinski definition) is 1. The molecule has 1 nitrogen and oxygen atoms in total. The maximum Gasteiger partial charge on any atom is 0.0175 e. The first-order valence-corrected chi connectivity index (χ1v) is 7.12. The zero-order valence-corrected chi connectivity index (χ0v) is 11.3. The van der Waals surface area contributed by atoms with Crippen LogP contribution in [0.5, 0.6) is 0 Å². The van der Waals surface area contributed by atoms with Crippen molar-refractivity contribution in [2.45, 2.75) is 44.6 Å². The molecule has 88 valence electrons. The highest BCUT2D eigenvalue weighted by Crippen LogP contribution is 2.15. The van der Waals surface area contributed by atoms with Crippen molar-refractivity contribution in [3.63, 3.8) is 0 Å². The second-order valence-corrected chi connectivity index (χ2v) is 5.58. The summed E-state index contributed by atoms with van der Waals surface area (Å²) in [6, 6.07) is 9.46. The van der Waals surface area contributed by atoms with Crippen LogP contribution in [0.25, 0.3) is 0 Å². The molecule has 1 aliphatic heterocycles. The molecule has 2 heteroatoms. The first-order chi connectivity index (χ1) is 7.84. The lowest BCUT2D eigenvalue weighted by Gasteiger charge is -2.15. The Balaban J connectivity index is 1.79. The number of rotatable bonds is 3. The van der Waals surface area contributed by atoms with Gasteiger partial charge in [0.2, 0.25) is 0 Å². The minimum Gasteiger partial charge on any atom is -0.314 e. The first-order valence-electron chi connectivity index (χ1n) is 6.32. The SMILES string of the molecule is Brc1ccc(CCC2CCCCCN2)cc1. The fourth-order valence-electron chi connectivity index (χ4n) is 2.34. The number of nitrogens with one attached hydrogen (secondary N) is 1. The van der Waals surface area contributed by atoms with E-state index in [2.05, 4.69) is 45.5 Å². The van der Waals surface area contributed by atoms with Crippen molar-refractivity contribution < 1.29 is 0 Å². The van der Waals surface area contributed by atoms with Crippen molar-refractivity contribution in [2.75, 3.05) is 6.54 Å². The Bertz CT molecular complexity index is 299. The van der Waals surface area contributed by atoms with E-state index in [1.54, 1.807) is 0 Å². The molecule has 0 aliphatic carbocycles. The van der Waals surface area contributed by atoms with Gasteiger partial charge < -0.3 is 5.32 Å². The molecule has 1 aliphatic rings. The summed E-state index contributed by atoms with van der Waals surface area (Å²) in [7, 11) is 0. The van der Waals surface area contributed by atoms with Crippen molar-refractivity contribution in [1.82, 2.24) is 5.32 Å². The molecular formula is C14H20BrN. The fraction of sp³-hybridized carbons (Fsp3) is 0.571. The van der Waals surface area contributed by atoms with Gasteiger partial charge in [-0.1, -0.05) is 40.9 Å². The molecule has 1 N–H and O–H groups in total. The highest BCUT2D eigenvalue weighted by molar-refractivity contribution is 9.10. The van der Waals surface area contributed by atoms with Gasteiger partial charge in [0, 0.05) is 10.5 Å². The van der Waals surface area contributed by atoms with Crippen LogP contribution in [0.2, 0.25) is 0 Å². The molecular weight excluding hydrogens is 262 g/mol. The summed E-state index contributed by atoms with van der Waals surface area (Å²) in [5, 5.41) is 3.65. The summed E-state index contributed by atoms with van der Waals surface area (Å²) in [6.45, 7) is 1.21. The molecule has 1 atom stereocenters. The summed E-state index contributed by atoms with van der Waals surface area (Å²) < 4.78 is 1.17. The van der Waals surface area contributed by atoms with E-state index >= 15 is 0 Å². The number of benzene rings is 1. The Hall–Kier alpha value is -0.340. The molecule has 1 unspecified atom stereocenters. The predicted molar refractivity (Wildman–Crippen MR) is 72.7 cm³/mol. The molecule has 1 heterocycles. The number of aryl methyl sites for hydroxylation is 1. The normalized spacial score (nSPS) is 21.7. The topological polar surface area (TPSA) is 12.0 Å². The van der Waals surface area contributed by atoms with Crippen LogP contribution in [0.15, 0.2) is 28.7 Å². The Kier molecular flexibility index (Phi) is 4.86. The molecule has 0 amide bonds. The lowest BCUT2D eigenvalue weighted by atomic mass is 10.0. The molecule has 0 aromatic heterocycles. The van der Waals surface area contributed by atoms with Crippen molar-refractivity contribution in [2.24, 2.45) is 0 Å². The van der Waals surface area contributed by atoms with E-state index in [0.717, 1.165) is 6.04 Å². The van der Waals surface area contributed by atoms with Gasteiger partial charge in [0.25, 0.3) is 0 Å². The Labute approximate surface area is 107 Å². The molecule has 2 rings (SSSR count). The smallest absolute Gasteiger partial charge is 0.0175 e. The highest BCUT2D eigenvalue weighted by atomic mass is 79.9. The van der Waals surface area contributed by atoms with E-state index in [9.17, 15) is 0 Å². The molecule has 0 saturated carbocycles. The molecule has 16 heavy (non-hydrogen) atoms. The van der Waals surface area contributed by atoms with Gasteiger partial charge in [0.1, 0.15) is 0 Å². The Morgan fingerprint density at radius 1 is 1.12 bits per heavy atom. The average molecular weight is 282 g/mol. The second-order valence-electron chi connectivity index (χ2n) is 4.67. The quantitative estimate of drug-likeness (QED) is 0.886. The van der Waals surface area contributed by atoms with Gasteiger partial charge in [-0.15, -0.1) is 0 Å². The van der Waals surface area contributed by atoms with Gasteiger partial charge in [0.05, 0.1) is 0 Å². The number of hydrogen-bond donors (Lipinski definition) is 1. The van der Waals surface area contributed by atoms with E-state index in [1.165, 1.54) is 55.1 Å². The van der Waals surface area contributed by atoms with E-state index in [1.807, 2.05) is 0 Å². The zero-order valence-electron chi connectivity index (χ0n) is 9.71. The minimum atomic E-state index is 0.742. The van der Waals surface area contributed by atoms with Crippen LogP contribution >= 0.6 is 15.9 Å². The number of halogens is 1. The van der Waals surface area contributed by atoms with Crippen LogP contribution in [-0.2, 0) is 6.42 Å². The molecule has 1 aromatic rings. The molecule has 0 bridgehead atoms. The summed E-state index contributed by atoms with van der Waals surface area (Å²) in [4.78, 5) is 0. The van der Waals surface area contributed by atoms with Gasteiger partial charge in [-0.2, -0.15) is 0 Å². The van der Waals surface area contributed by atoms with Gasteiger partial charge in [-0.05, 0) is 49.9 Å². The predicted octanol–water partition coefficient (Wildman–Crippen LogP) is 3.91. The summed E-state index contributed by atoms with van der Waals surface area (Å²) in [6.07, 6.45) is 8.00. The lowest BCUT2D eigenvalue weighted by Crippen LogP contribution is -2.28. The molecule has 0 radical (unpaired) electrons. The highest BCUT2D eigenvalue weighted by Gasteiger charge is 2.10. The fourth-order valence-corrected chi connectivity index (χ4v) is 2.60. The molecule has 1 fully saturated rings. The van der Waals surface area contributed by atoms with Gasteiger partial charge in [-0.25, -0.2) is 0 Å². The molecule has 1 aromatic carbocycles. The van der Waals surface area contributed by atoms with E-state index < -0.39 is 0 Å². The van der Waals surface area contributed by atoms with Crippen molar-refractivity contribution in [1.29, 1.82) is 0 Å². The third-order valence-corrected chi connectivity index (χ3v) is 3.89. The second kappa shape index (κ2) is 6.41. The third-order valence-electron chi connectivity index (χ3n) is 3.36. The summed E-state index contributed by atoms with van der Waals surface area (Å²) in [5.74, 6) is 0. The van der Waals surface area contributed by atoms with Crippen molar-refractivity contribution in [3.05, 3.63) is 34.3 Å². The minimum absolute atomic E-state index is 0.742. The molecule has 1 saturated heterocycles. The van der Waals surface area contributed by atoms with Crippen LogP contribution in [0, 0.1) is 0 Å². The first kappa shape index (κ1) is 12.1. The maximum absolute atomic E-state index is 3.65. The third kappa shape index (κ3) is 3.91. The largest absolute Gasteiger partial charge is 0.314 e. The summed E-state index contributed by atoms with van der Waals surface area (Å²) in [5.41, 5.74) is 1.45. The zero-order chi connectivity index (χ0) is 11.2. The van der Waals surface area contributed by atoms with Gasteiger partial charge in [0.15, 0.2) is 0 Å².